The van der Waals surface area contributed by atoms with Crippen molar-refractivity contribution in [2.45, 2.75) is 43.7 Å². The van der Waals surface area contributed by atoms with Crippen LogP contribution >= 0.6 is 11.8 Å². The van der Waals surface area contributed by atoms with Gasteiger partial charge in [-0.25, -0.2) is 9.50 Å². The molecule has 152 valence electrons. The molecule has 4 rings (SSSR count). The second-order valence-corrected chi connectivity index (χ2v) is 8.15. The zero-order valence-corrected chi connectivity index (χ0v) is 17.7. The van der Waals surface area contributed by atoms with Crippen molar-refractivity contribution in [1.82, 2.24) is 19.6 Å². The summed E-state index contributed by atoms with van der Waals surface area (Å²) in [5, 5.41) is 5.18. The number of nitrogens with zero attached hydrogens (tertiary/aromatic N) is 4. The van der Waals surface area contributed by atoms with Gasteiger partial charge in [-0.15, -0.1) is 5.10 Å². The maximum absolute atomic E-state index is 12.8. The topological polar surface area (TPSA) is 78.6 Å². The third-order valence-electron chi connectivity index (χ3n) is 5.17. The molecule has 0 unspecified atom stereocenters. The quantitative estimate of drug-likeness (QED) is 0.429. The smallest absolute Gasteiger partial charge is 0.253 e. The summed E-state index contributed by atoms with van der Waals surface area (Å²) in [6, 6.07) is 5.81. The van der Waals surface area contributed by atoms with Crippen molar-refractivity contribution in [3.05, 3.63) is 41.2 Å². The van der Waals surface area contributed by atoms with Crippen LogP contribution < -0.4 is 9.47 Å². The van der Waals surface area contributed by atoms with Crippen LogP contribution in [0.5, 0.6) is 11.5 Å². The summed E-state index contributed by atoms with van der Waals surface area (Å²) in [5.41, 5.74) is 2.47. The van der Waals surface area contributed by atoms with Crippen molar-refractivity contribution in [2.24, 2.45) is 0 Å². The van der Waals surface area contributed by atoms with E-state index in [1.165, 1.54) is 0 Å². The van der Waals surface area contributed by atoms with Crippen molar-refractivity contribution in [3.63, 3.8) is 0 Å². The second-order valence-electron chi connectivity index (χ2n) is 7.09. The highest BCUT2D eigenvalue weighted by Crippen LogP contribution is 2.36. The highest BCUT2D eigenvalue weighted by atomic mass is 32.2. The molecule has 1 aliphatic carbocycles. The molecule has 0 saturated heterocycles. The van der Waals surface area contributed by atoms with Crippen LogP contribution in [0.4, 0.5) is 0 Å². The molecule has 2 heterocycles. The molecule has 1 aliphatic rings. The lowest BCUT2D eigenvalue weighted by Gasteiger charge is -2.23. The minimum Gasteiger partial charge on any atom is -0.493 e. The van der Waals surface area contributed by atoms with Crippen LogP contribution in [-0.4, -0.2) is 45.3 Å². The van der Waals surface area contributed by atoms with E-state index in [1.807, 2.05) is 18.2 Å². The molecular formula is C21H24N4O3S. The van der Waals surface area contributed by atoms with E-state index in [1.54, 1.807) is 36.7 Å². The summed E-state index contributed by atoms with van der Waals surface area (Å²) in [6.07, 6.45) is 5.15. The maximum Gasteiger partial charge on any atom is 0.253 e. The molecular weight excluding hydrogens is 388 g/mol. The largest absolute Gasteiger partial charge is 0.493 e. The lowest BCUT2D eigenvalue weighted by Crippen LogP contribution is -2.21. The number of aromatic nitrogens is 4. The molecule has 0 radical (unpaired) electrons. The van der Waals surface area contributed by atoms with Crippen molar-refractivity contribution in [2.75, 3.05) is 20.0 Å². The van der Waals surface area contributed by atoms with Gasteiger partial charge in [0.15, 0.2) is 17.3 Å². The van der Waals surface area contributed by atoms with E-state index in [0.29, 0.717) is 40.8 Å². The molecule has 2 aromatic heterocycles. The van der Waals surface area contributed by atoms with Gasteiger partial charge in [-0.05, 0) is 36.5 Å². The number of carbonyl (C=O) groups is 1. The Balaban J connectivity index is 1.62. The number of fused-ring (bicyclic) bond motifs is 2. The van der Waals surface area contributed by atoms with E-state index in [9.17, 15) is 4.79 Å². The van der Waals surface area contributed by atoms with Crippen LogP contribution in [-0.2, 0) is 6.42 Å². The van der Waals surface area contributed by atoms with Gasteiger partial charge < -0.3 is 9.47 Å². The number of benzene rings is 1. The van der Waals surface area contributed by atoms with Gasteiger partial charge >= 0.3 is 0 Å². The number of carbonyl (C=O) groups excluding carboxylic acids is 1. The van der Waals surface area contributed by atoms with Crippen LogP contribution in [0.3, 0.4) is 0 Å². The highest BCUT2D eigenvalue weighted by Gasteiger charge is 2.29. The Morgan fingerprint density at radius 2 is 2.00 bits per heavy atom. The Bertz CT molecular complexity index is 1050. The molecule has 0 saturated carbocycles. The second kappa shape index (κ2) is 8.41. The lowest BCUT2D eigenvalue weighted by molar-refractivity contribution is 0.0962. The molecule has 29 heavy (non-hydrogen) atoms. The summed E-state index contributed by atoms with van der Waals surface area (Å²) >= 11 is 1.63. The molecule has 0 N–H and O–H groups in total. The number of hydrogen-bond acceptors (Lipinski definition) is 7. The van der Waals surface area contributed by atoms with Crippen LogP contribution in [0.2, 0.25) is 0 Å². The van der Waals surface area contributed by atoms with Gasteiger partial charge in [0.1, 0.15) is 0 Å². The van der Waals surface area contributed by atoms with Gasteiger partial charge in [-0.3, -0.25) is 4.79 Å². The van der Waals surface area contributed by atoms with E-state index >= 15 is 0 Å². The van der Waals surface area contributed by atoms with Gasteiger partial charge in [-0.1, -0.05) is 31.2 Å². The van der Waals surface area contributed by atoms with Crippen molar-refractivity contribution in [1.29, 1.82) is 0 Å². The fourth-order valence-corrected chi connectivity index (χ4v) is 4.48. The van der Waals surface area contributed by atoms with E-state index in [2.05, 4.69) is 22.0 Å². The number of ketones is 1. The number of Topliss-reactive ketones (excluding diaryl/α,β-unsaturated/α-hetero) is 1. The van der Waals surface area contributed by atoms with Gasteiger partial charge in [0.05, 0.1) is 25.5 Å². The zero-order chi connectivity index (χ0) is 20.4. The fraction of sp³-hybridized carbons (Fsp3) is 0.429. The number of thioether (sulfide) groups is 1. The van der Waals surface area contributed by atoms with E-state index < -0.39 is 0 Å². The molecule has 0 fully saturated rings. The molecule has 1 aromatic carbocycles. The summed E-state index contributed by atoms with van der Waals surface area (Å²) in [4.78, 5) is 22.0. The highest BCUT2D eigenvalue weighted by molar-refractivity contribution is 7.99. The standard InChI is InChI=1S/C21H24N4O3S/c1-4-5-8-29-21-23-20-22-16-9-14(10-17(26)15(16)12-25(20)24-21)13-6-7-18(27-2)19(11-13)28-3/h6-7,11-12,14H,4-5,8-10H2,1-3H3/t14-/m0/s1. The Morgan fingerprint density at radius 1 is 1.17 bits per heavy atom. The molecule has 8 heteroatoms. The predicted octanol–water partition coefficient (Wildman–Crippen LogP) is 3.95. The van der Waals surface area contributed by atoms with E-state index in [-0.39, 0.29) is 11.7 Å². The van der Waals surface area contributed by atoms with E-state index in [0.717, 1.165) is 29.9 Å². The molecule has 0 spiro atoms. The van der Waals surface area contributed by atoms with Gasteiger partial charge in [-0.2, -0.15) is 4.98 Å². The third-order valence-corrected chi connectivity index (χ3v) is 6.10. The Kier molecular flexibility index (Phi) is 5.71. The van der Waals surface area contributed by atoms with Gasteiger partial charge in [0.2, 0.25) is 5.16 Å². The monoisotopic (exact) mass is 412 g/mol. The Labute approximate surface area is 173 Å². The number of hydrogen-bond donors (Lipinski definition) is 0. The van der Waals surface area contributed by atoms with Gasteiger partial charge in [0, 0.05) is 18.4 Å². The lowest BCUT2D eigenvalue weighted by atomic mass is 9.82. The molecule has 0 aliphatic heterocycles. The average molecular weight is 413 g/mol. The van der Waals surface area contributed by atoms with Crippen LogP contribution in [0.1, 0.15) is 53.7 Å². The van der Waals surface area contributed by atoms with Crippen LogP contribution in [0, 0.1) is 0 Å². The average Bonchev–Trinajstić information content (AvgIpc) is 3.13. The molecule has 0 amide bonds. The number of unbranched alkanes of at least 4 members (excludes halogenated alkanes) is 1. The minimum absolute atomic E-state index is 0.0473. The Hall–Kier alpha value is -2.61. The summed E-state index contributed by atoms with van der Waals surface area (Å²) < 4.78 is 12.4. The SMILES string of the molecule is CCCCSc1nc2nc3c(cn2n1)C(=O)C[C@@H](c1ccc(OC)c(OC)c1)C3. The maximum atomic E-state index is 12.8. The fourth-order valence-electron chi connectivity index (χ4n) is 3.58. The number of methoxy groups -OCH3 is 2. The van der Waals surface area contributed by atoms with Crippen molar-refractivity contribution >= 4 is 23.3 Å². The van der Waals surface area contributed by atoms with Crippen LogP contribution in [0.15, 0.2) is 29.6 Å². The first-order chi connectivity index (χ1) is 14.1. The summed E-state index contributed by atoms with van der Waals surface area (Å²) in [6.45, 7) is 2.16. The molecule has 3 aromatic rings. The predicted molar refractivity (Wildman–Crippen MR) is 111 cm³/mol. The van der Waals surface area contributed by atoms with Crippen LogP contribution in [0.25, 0.3) is 5.78 Å². The van der Waals surface area contributed by atoms with Crippen molar-refractivity contribution in [3.8, 4) is 11.5 Å². The normalized spacial score (nSPS) is 16.1. The van der Waals surface area contributed by atoms with Crippen molar-refractivity contribution < 1.29 is 14.3 Å². The molecule has 7 nitrogen and oxygen atoms in total. The minimum atomic E-state index is 0.0473. The first-order valence-electron chi connectivity index (χ1n) is 9.77. The number of ether oxygens (including phenoxy) is 2. The molecule has 0 bridgehead atoms. The third kappa shape index (κ3) is 3.94. The zero-order valence-electron chi connectivity index (χ0n) is 16.8. The first kappa shape index (κ1) is 19.7. The summed E-state index contributed by atoms with van der Waals surface area (Å²) in [5.74, 6) is 2.99. The Morgan fingerprint density at radius 3 is 2.76 bits per heavy atom. The van der Waals surface area contributed by atoms with E-state index in [4.69, 9.17) is 9.47 Å². The molecule has 1 atom stereocenters. The van der Waals surface area contributed by atoms with Gasteiger partial charge in [0.25, 0.3) is 5.78 Å². The first-order valence-corrected chi connectivity index (χ1v) is 10.8. The number of rotatable bonds is 7. The summed E-state index contributed by atoms with van der Waals surface area (Å²) in [7, 11) is 3.23.